The van der Waals surface area contributed by atoms with E-state index >= 15 is 0 Å². The van der Waals surface area contributed by atoms with Crippen molar-refractivity contribution in [2.75, 3.05) is 7.11 Å². The van der Waals surface area contributed by atoms with E-state index in [0.717, 1.165) is 42.0 Å². The molecular formula is C17H24ClNO. The Balaban J connectivity index is 2.11. The molecular weight excluding hydrogens is 270 g/mol. The van der Waals surface area contributed by atoms with Crippen molar-refractivity contribution < 1.29 is 4.74 Å². The number of halogens is 1. The van der Waals surface area contributed by atoms with Crippen LogP contribution in [0.3, 0.4) is 0 Å². The van der Waals surface area contributed by atoms with Gasteiger partial charge in [0.2, 0.25) is 0 Å². The van der Waals surface area contributed by atoms with E-state index in [0.29, 0.717) is 0 Å². The third kappa shape index (κ3) is 2.33. The number of methoxy groups -OCH3 is 1. The molecule has 0 unspecified atom stereocenters. The maximum absolute atomic E-state index is 6.72. The zero-order valence-corrected chi connectivity index (χ0v) is 13.1. The molecule has 2 N–H and O–H groups in total. The molecule has 1 aromatic rings. The van der Waals surface area contributed by atoms with Crippen molar-refractivity contribution in [3.63, 3.8) is 0 Å². The first kappa shape index (κ1) is 14.2. The lowest BCUT2D eigenvalue weighted by Crippen LogP contribution is -2.39. The molecule has 0 aromatic heterocycles. The van der Waals surface area contributed by atoms with Crippen LogP contribution in [-0.2, 0) is 18.4 Å². The standard InChI is InChI=1S/C17H24ClNO/c1-20-16-14(17(19)9-5-2-6-10-17)11-12-7-3-4-8-13(12)15(16)18/h11H,2-10,19H2,1H3. The van der Waals surface area contributed by atoms with Crippen LogP contribution in [0, 0.1) is 0 Å². The van der Waals surface area contributed by atoms with Gasteiger partial charge in [0.05, 0.1) is 12.1 Å². The minimum absolute atomic E-state index is 0.250. The maximum atomic E-state index is 6.72. The summed E-state index contributed by atoms with van der Waals surface area (Å²) < 4.78 is 5.65. The molecule has 2 aliphatic carbocycles. The quantitative estimate of drug-likeness (QED) is 0.880. The highest BCUT2D eigenvalue weighted by Crippen LogP contribution is 2.45. The average Bonchev–Trinajstić information content (AvgIpc) is 2.48. The van der Waals surface area contributed by atoms with Gasteiger partial charge in [0.15, 0.2) is 0 Å². The van der Waals surface area contributed by atoms with Crippen molar-refractivity contribution in [3.05, 3.63) is 27.8 Å². The lowest BCUT2D eigenvalue weighted by Gasteiger charge is -2.36. The number of ether oxygens (including phenoxy) is 1. The van der Waals surface area contributed by atoms with Gasteiger partial charge in [-0.2, -0.15) is 0 Å². The fraction of sp³-hybridized carbons (Fsp3) is 0.647. The monoisotopic (exact) mass is 293 g/mol. The smallest absolute Gasteiger partial charge is 0.142 e. The third-order valence-corrected chi connectivity index (χ3v) is 5.42. The molecule has 0 heterocycles. The molecule has 3 rings (SSSR count). The third-order valence-electron chi connectivity index (χ3n) is 5.02. The lowest BCUT2D eigenvalue weighted by atomic mass is 9.75. The number of hydrogen-bond acceptors (Lipinski definition) is 2. The van der Waals surface area contributed by atoms with Crippen molar-refractivity contribution in [1.29, 1.82) is 0 Å². The zero-order chi connectivity index (χ0) is 14.2. The molecule has 0 atom stereocenters. The van der Waals surface area contributed by atoms with Crippen LogP contribution in [0.5, 0.6) is 5.75 Å². The molecule has 0 spiro atoms. The molecule has 1 aromatic carbocycles. The minimum atomic E-state index is -0.250. The largest absolute Gasteiger partial charge is 0.495 e. The van der Waals surface area contributed by atoms with E-state index in [1.54, 1.807) is 7.11 Å². The summed E-state index contributed by atoms with van der Waals surface area (Å²) in [6, 6.07) is 2.30. The predicted molar refractivity (Wildman–Crippen MR) is 83.6 cm³/mol. The van der Waals surface area contributed by atoms with Gasteiger partial charge in [-0.3, -0.25) is 0 Å². The fourth-order valence-corrected chi connectivity index (χ4v) is 4.25. The van der Waals surface area contributed by atoms with Gasteiger partial charge in [0.25, 0.3) is 0 Å². The Bertz CT molecular complexity index is 506. The van der Waals surface area contributed by atoms with Gasteiger partial charge in [-0.1, -0.05) is 30.9 Å². The lowest BCUT2D eigenvalue weighted by molar-refractivity contribution is 0.288. The molecule has 20 heavy (non-hydrogen) atoms. The molecule has 0 amide bonds. The summed E-state index contributed by atoms with van der Waals surface area (Å²) in [5, 5.41) is 0.815. The summed E-state index contributed by atoms with van der Waals surface area (Å²) >= 11 is 6.63. The Morgan fingerprint density at radius 3 is 2.50 bits per heavy atom. The number of hydrogen-bond donors (Lipinski definition) is 1. The van der Waals surface area contributed by atoms with Crippen LogP contribution in [0.25, 0.3) is 0 Å². The van der Waals surface area contributed by atoms with E-state index in [1.165, 1.54) is 43.2 Å². The highest BCUT2D eigenvalue weighted by atomic mass is 35.5. The average molecular weight is 294 g/mol. The van der Waals surface area contributed by atoms with Crippen molar-refractivity contribution >= 4 is 11.6 Å². The Hall–Kier alpha value is -0.730. The van der Waals surface area contributed by atoms with Gasteiger partial charge < -0.3 is 10.5 Å². The van der Waals surface area contributed by atoms with Crippen molar-refractivity contribution in [2.24, 2.45) is 5.73 Å². The zero-order valence-electron chi connectivity index (χ0n) is 12.3. The van der Waals surface area contributed by atoms with Crippen molar-refractivity contribution in [2.45, 2.75) is 63.3 Å². The number of benzene rings is 1. The topological polar surface area (TPSA) is 35.2 Å². The Morgan fingerprint density at radius 2 is 1.80 bits per heavy atom. The number of nitrogens with two attached hydrogens (primary N) is 1. The van der Waals surface area contributed by atoms with Crippen LogP contribution >= 0.6 is 11.6 Å². The second-order valence-corrected chi connectivity index (χ2v) is 6.71. The van der Waals surface area contributed by atoms with Crippen LogP contribution in [-0.4, -0.2) is 7.11 Å². The van der Waals surface area contributed by atoms with Crippen LogP contribution in [0.4, 0.5) is 0 Å². The Kier molecular flexibility index (Phi) is 3.96. The second-order valence-electron chi connectivity index (χ2n) is 6.33. The summed E-state index contributed by atoms with van der Waals surface area (Å²) in [5.74, 6) is 0.830. The normalized spacial score (nSPS) is 21.4. The molecule has 2 aliphatic rings. The van der Waals surface area contributed by atoms with Crippen molar-refractivity contribution in [1.82, 2.24) is 0 Å². The molecule has 110 valence electrons. The van der Waals surface area contributed by atoms with Gasteiger partial charge in [-0.05, 0) is 55.7 Å². The maximum Gasteiger partial charge on any atom is 0.142 e. The van der Waals surface area contributed by atoms with Gasteiger partial charge in [-0.25, -0.2) is 0 Å². The second kappa shape index (κ2) is 5.57. The van der Waals surface area contributed by atoms with Gasteiger partial charge in [0.1, 0.15) is 5.75 Å². The van der Waals surface area contributed by atoms with E-state index in [2.05, 4.69) is 6.07 Å². The predicted octanol–water partition coefficient (Wildman–Crippen LogP) is 4.35. The summed E-state index contributed by atoms with van der Waals surface area (Å²) in [5.41, 5.74) is 10.3. The van der Waals surface area contributed by atoms with Crippen molar-refractivity contribution in [3.8, 4) is 5.75 Å². The number of fused-ring (bicyclic) bond motifs is 1. The van der Waals surface area contributed by atoms with Crippen LogP contribution in [0.2, 0.25) is 5.02 Å². The first-order valence-electron chi connectivity index (χ1n) is 7.83. The highest BCUT2D eigenvalue weighted by Gasteiger charge is 2.34. The fourth-order valence-electron chi connectivity index (χ4n) is 3.86. The molecule has 0 saturated heterocycles. The summed E-state index contributed by atoms with van der Waals surface area (Å²) in [6.07, 6.45) is 10.5. The van der Waals surface area contributed by atoms with E-state index in [4.69, 9.17) is 22.1 Å². The van der Waals surface area contributed by atoms with Crippen LogP contribution in [0.15, 0.2) is 6.07 Å². The summed E-state index contributed by atoms with van der Waals surface area (Å²) in [4.78, 5) is 0. The van der Waals surface area contributed by atoms with Gasteiger partial charge >= 0.3 is 0 Å². The van der Waals surface area contributed by atoms with E-state index in [-0.39, 0.29) is 5.54 Å². The van der Waals surface area contributed by atoms with E-state index in [9.17, 15) is 0 Å². The summed E-state index contributed by atoms with van der Waals surface area (Å²) in [7, 11) is 1.71. The van der Waals surface area contributed by atoms with Gasteiger partial charge in [0, 0.05) is 11.1 Å². The SMILES string of the molecule is COc1c(C2(N)CCCCC2)cc2c(c1Cl)CCCC2. The molecule has 2 nitrogen and oxygen atoms in total. The highest BCUT2D eigenvalue weighted by molar-refractivity contribution is 6.33. The Labute approximate surface area is 126 Å². The number of aryl methyl sites for hydroxylation is 1. The van der Waals surface area contributed by atoms with Gasteiger partial charge in [-0.15, -0.1) is 0 Å². The van der Waals surface area contributed by atoms with Crippen LogP contribution in [0.1, 0.15) is 61.6 Å². The summed E-state index contributed by atoms with van der Waals surface area (Å²) in [6.45, 7) is 0. The molecule has 0 radical (unpaired) electrons. The molecule has 3 heteroatoms. The molecule has 0 aliphatic heterocycles. The molecule has 0 bridgehead atoms. The first-order valence-corrected chi connectivity index (χ1v) is 8.21. The van der Waals surface area contributed by atoms with E-state index in [1.807, 2.05) is 0 Å². The minimum Gasteiger partial charge on any atom is -0.495 e. The molecule has 1 saturated carbocycles. The van der Waals surface area contributed by atoms with Crippen LogP contribution < -0.4 is 10.5 Å². The first-order chi connectivity index (χ1) is 9.65. The molecule has 1 fully saturated rings. The number of rotatable bonds is 2. The Morgan fingerprint density at radius 1 is 1.10 bits per heavy atom. The van der Waals surface area contributed by atoms with E-state index < -0.39 is 0 Å².